The number of phosphoric acid groups is 3. The quantitative estimate of drug-likeness (QED) is 0.137. The lowest BCUT2D eigenvalue weighted by Crippen LogP contribution is -2.33. The fraction of sp³-hybridized carbons (Fsp3) is 0.462. The van der Waals surface area contributed by atoms with Crippen LogP contribution < -0.4 is 5.32 Å². The van der Waals surface area contributed by atoms with Crippen molar-refractivity contribution in [1.82, 2.24) is 19.5 Å². The average molecular weight is 545 g/mol. The smallest absolute Gasteiger partial charge is 0.387 e. The minimum absolute atomic E-state index is 0.142. The molecule has 3 rings (SSSR count). The molecular formula is C13H18N5O13P3. The van der Waals surface area contributed by atoms with Gasteiger partial charge in [-0.3, -0.25) is 9.09 Å². The van der Waals surface area contributed by atoms with Crippen LogP contribution in [0.5, 0.6) is 0 Å². The minimum atomic E-state index is -5.72. The number of anilines is 1. The van der Waals surface area contributed by atoms with Gasteiger partial charge in [0.25, 0.3) is 0 Å². The molecule has 1 fully saturated rings. The number of nitrogens with zero attached hydrogens (tertiary/aromatic N) is 4. The lowest BCUT2D eigenvalue weighted by Gasteiger charge is -2.19. The van der Waals surface area contributed by atoms with Crippen molar-refractivity contribution in [2.24, 2.45) is 0 Å². The second kappa shape index (κ2) is 10.1. The molecule has 188 valence electrons. The number of terminal acetylenes is 1. The van der Waals surface area contributed by atoms with Gasteiger partial charge < -0.3 is 39.8 Å². The highest BCUT2D eigenvalue weighted by Crippen LogP contribution is 2.66. The van der Waals surface area contributed by atoms with Gasteiger partial charge in [-0.25, -0.2) is 28.6 Å². The van der Waals surface area contributed by atoms with Gasteiger partial charge in [0.15, 0.2) is 23.2 Å². The zero-order valence-corrected chi connectivity index (χ0v) is 19.3. The summed E-state index contributed by atoms with van der Waals surface area (Å²) in [5.41, 5.74) is 0.444. The molecule has 0 amide bonds. The number of hydrogen-bond donors (Lipinski definition) is 7. The Kier molecular flexibility index (Phi) is 7.92. The van der Waals surface area contributed by atoms with Crippen LogP contribution in [0, 0.1) is 12.3 Å². The van der Waals surface area contributed by atoms with Crippen LogP contribution >= 0.6 is 23.5 Å². The Morgan fingerprint density at radius 2 is 1.79 bits per heavy atom. The highest BCUT2D eigenvalue weighted by molar-refractivity contribution is 7.66. The number of phosphoric ester groups is 1. The van der Waals surface area contributed by atoms with Crippen molar-refractivity contribution >= 4 is 40.4 Å². The van der Waals surface area contributed by atoms with Gasteiger partial charge in [-0.05, 0) is 0 Å². The van der Waals surface area contributed by atoms with Crippen molar-refractivity contribution in [2.45, 2.75) is 24.5 Å². The third-order valence-corrected chi connectivity index (χ3v) is 7.95. The predicted molar refractivity (Wildman–Crippen MR) is 108 cm³/mol. The monoisotopic (exact) mass is 545 g/mol. The number of hydrogen-bond acceptors (Lipinski definition) is 13. The van der Waals surface area contributed by atoms with E-state index in [1.807, 2.05) is 0 Å². The van der Waals surface area contributed by atoms with E-state index in [1.165, 1.54) is 17.2 Å². The molecule has 1 aliphatic heterocycles. The Hall–Kier alpha value is -1.80. The Labute approximate surface area is 190 Å². The van der Waals surface area contributed by atoms with Crippen LogP contribution in [0.15, 0.2) is 12.7 Å². The van der Waals surface area contributed by atoms with Crippen molar-refractivity contribution < 1.29 is 61.4 Å². The van der Waals surface area contributed by atoms with E-state index < -0.39 is 54.6 Å². The molecule has 0 aliphatic carbocycles. The lowest BCUT2D eigenvalue weighted by atomic mass is 10.1. The Morgan fingerprint density at radius 1 is 1.09 bits per heavy atom. The summed E-state index contributed by atoms with van der Waals surface area (Å²) in [5.74, 6) is 2.65. The molecule has 1 saturated heterocycles. The molecular weight excluding hydrogens is 527 g/mol. The molecule has 3 heterocycles. The zero-order chi connectivity index (χ0) is 25.3. The van der Waals surface area contributed by atoms with Gasteiger partial charge in [-0.2, -0.15) is 8.62 Å². The molecule has 18 nitrogen and oxygen atoms in total. The largest absolute Gasteiger partial charge is 0.490 e. The first-order valence-electron chi connectivity index (χ1n) is 8.88. The maximum atomic E-state index is 11.9. The predicted octanol–water partition coefficient (Wildman–Crippen LogP) is -1.17. The normalized spacial score (nSPS) is 26.6. The van der Waals surface area contributed by atoms with Crippen LogP contribution in [-0.2, 0) is 31.6 Å². The number of aromatic nitrogens is 4. The van der Waals surface area contributed by atoms with Crippen molar-refractivity contribution in [1.29, 1.82) is 0 Å². The number of aliphatic hydroxyl groups excluding tert-OH is 2. The molecule has 7 N–H and O–H groups in total. The summed E-state index contributed by atoms with van der Waals surface area (Å²) in [6.07, 6.45) is 1.55. The topological polar surface area (TPSA) is 265 Å². The van der Waals surface area contributed by atoms with Crippen LogP contribution in [0.1, 0.15) is 6.23 Å². The molecule has 0 bridgehead atoms. The number of nitrogens with one attached hydrogen (secondary N) is 1. The second-order valence-electron chi connectivity index (χ2n) is 6.54. The van der Waals surface area contributed by atoms with Gasteiger partial charge in [0.1, 0.15) is 24.6 Å². The van der Waals surface area contributed by atoms with E-state index in [9.17, 15) is 28.8 Å². The molecule has 34 heavy (non-hydrogen) atoms. The van der Waals surface area contributed by atoms with Gasteiger partial charge in [0, 0.05) is 0 Å². The lowest BCUT2D eigenvalue weighted by molar-refractivity contribution is -0.0503. The summed E-state index contributed by atoms with van der Waals surface area (Å²) in [4.78, 5) is 47.9. The number of ether oxygens (including phenoxy) is 1. The highest BCUT2D eigenvalue weighted by atomic mass is 31.3. The van der Waals surface area contributed by atoms with Crippen LogP contribution in [-0.4, -0.2) is 80.8 Å². The molecule has 2 aromatic rings. The van der Waals surface area contributed by atoms with E-state index in [0.717, 1.165) is 0 Å². The molecule has 2 aromatic heterocycles. The fourth-order valence-corrected chi connectivity index (χ4v) is 5.90. The standard InChI is InChI=1S/C13H18N5O13P3/c1-2-3-14-11-8-12(16-5-15-11)18(6-17-8)13-10(20)9(19)7(29-13)4-28-33(24,25)31-34(26,27)30-32(21,22)23/h1,5-7,9-10,13,19-20H,3-4H2,(H,24,25)(H,26,27)(H,14,15,16)(H2,21,22,23)/t7-,9-,10-,13+/m1/s1. The number of rotatable bonds is 10. The summed E-state index contributed by atoms with van der Waals surface area (Å²) in [6, 6.07) is 0. The third-order valence-electron chi connectivity index (χ3n) is 4.15. The number of imidazole rings is 1. The van der Waals surface area contributed by atoms with Gasteiger partial charge in [-0.1, -0.05) is 5.92 Å². The summed E-state index contributed by atoms with van der Waals surface area (Å²) < 4.78 is 52.2. The van der Waals surface area contributed by atoms with Crippen molar-refractivity contribution in [3.05, 3.63) is 12.7 Å². The van der Waals surface area contributed by atoms with Gasteiger partial charge >= 0.3 is 23.5 Å². The van der Waals surface area contributed by atoms with Crippen molar-refractivity contribution in [3.8, 4) is 12.3 Å². The number of fused-ring (bicyclic) bond motifs is 1. The van der Waals surface area contributed by atoms with E-state index in [4.69, 9.17) is 25.8 Å². The number of aliphatic hydroxyl groups is 2. The van der Waals surface area contributed by atoms with Gasteiger partial charge in [0.2, 0.25) is 0 Å². The van der Waals surface area contributed by atoms with E-state index in [1.54, 1.807) is 0 Å². The molecule has 6 atom stereocenters. The third kappa shape index (κ3) is 6.45. The first kappa shape index (κ1) is 26.8. The van der Waals surface area contributed by atoms with E-state index in [0.29, 0.717) is 5.82 Å². The molecule has 2 unspecified atom stereocenters. The van der Waals surface area contributed by atoms with E-state index in [-0.39, 0.29) is 17.7 Å². The maximum Gasteiger partial charge on any atom is 0.490 e. The Bertz CT molecular complexity index is 1230. The molecule has 1 aliphatic rings. The minimum Gasteiger partial charge on any atom is -0.387 e. The van der Waals surface area contributed by atoms with Crippen LogP contribution in [0.3, 0.4) is 0 Å². The maximum absolute atomic E-state index is 11.9. The molecule has 0 saturated carbocycles. The SMILES string of the molecule is C#CCNc1ncnc2c1ncn2[C@H]1O[C@H](COP(=O)(O)OP(=O)(O)OP(=O)(O)O)[C@@H](O)[C@H]1O. The Balaban J connectivity index is 1.71. The zero-order valence-electron chi connectivity index (χ0n) is 16.6. The van der Waals surface area contributed by atoms with Gasteiger partial charge in [-0.15, -0.1) is 6.42 Å². The van der Waals surface area contributed by atoms with Crippen LogP contribution in [0.4, 0.5) is 5.82 Å². The second-order valence-corrected chi connectivity index (χ2v) is 11.0. The first-order valence-corrected chi connectivity index (χ1v) is 13.4. The van der Waals surface area contributed by atoms with E-state index >= 15 is 0 Å². The van der Waals surface area contributed by atoms with E-state index in [2.05, 4.69) is 39.3 Å². The average Bonchev–Trinajstić information content (AvgIpc) is 3.24. The van der Waals surface area contributed by atoms with Crippen LogP contribution in [0.25, 0.3) is 11.2 Å². The molecule has 0 aromatic carbocycles. The summed E-state index contributed by atoms with van der Waals surface area (Å²) >= 11 is 0. The summed E-state index contributed by atoms with van der Waals surface area (Å²) in [5, 5.41) is 23.5. The first-order chi connectivity index (χ1) is 15.7. The molecule has 21 heteroatoms. The summed E-state index contributed by atoms with van der Waals surface area (Å²) in [6.45, 7) is -0.822. The highest BCUT2D eigenvalue weighted by Gasteiger charge is 2.47. The molecule has 0 spiro atoms. The fourth-order valence-electron chi connectivity index (χ4n) is 2.87. The summed E-state index contributed by atoms with van der Waals surface area (Å²) in [7, 11) is -16.7. The van der Waals surface area contributed by atoms with Gasteiger partial charge in [0.05, 0.1) is 19.5 Å². The Morgan fingerprint density at radius 3 is 2.44 bits per heavy atom. The van der Waals surface area contributed by atoms with Crippen molar-refractivity contribution in [2.75, 3.05) is 18.5 Å². The molecule has 0 radical (unpaired) electrons. The van der Waals surface area contributed by atoms with Crippen LogP contribution in [0.2, 0.25) is 0 Å². The van der Waals surface area contributed by atoms with Crippen molar-refractivity contribution in [3.63, 3.8) is 0 Å².